The van der Waals surface area contributed by atoms with Crippen molar-refractivity contribution in [2.45, 2.75) is 17.6 Å². The molecule has 3 aromatic rings. The molecule has 0 aliphatic rings. The van der Waals surface area contributed by atoms with Gasteiger partial charge in [-0.2, -0.15) is 0 Å². The Morgan fingerprint density at radius 2 is 2.08 bits per heavy atom. The van der Waals surface area contributed by atoms with Crippen molar-refractivity contribution in [2.75, 3.05) is 5.32 Å². The van der Waals surface area contributed by atoms with E-state index in [0.29, 0.717) is 17.0 Å². The molecule has 0 unspecified atom stereocenters. The molecule has 0 saturated carbocycles. The first-order chi connectivity index (χ1) is 12.0. The summed E-state index contributed by atoms with van der Waals surface area (Å²) in [5.74, 6) is 0.480. The van der Waals surface area contributed by atoms with Gasteiger partial charge in [-0.15, -0.1) is 11.8 Å². The van der Waals surface area contributed by atoms with Crippen LogP contribution in [0.25, 0.3) is 0 Å². The summed E-state index contributed by atoms with van der Waals surface area (Å²) < 4.78 is 18.4. The highest BCUT2D eigenvalue weighted by atomic mass is 35.5. The number of hydrogen-bond donors (Lipinski definition) is 1. The van der Waals surface area contributed by atoms with Crippen molar-refractivity contribution < 1.29 is 13.7 Å². The second-order valence-corrected chi connectivity index (χ2v) is 6.73. The van der Waals surface area contributed by atoms with E-state index in [1.54, 1.807) is 12.1 Å². The van der Waals surface area contributed by atoms with Gasteiger partial charge < -0.3 is 9.84 Å². The number of anilines is 1. The van der Waals surface area contributed by atoms with Gasteiger partial charge in [-0.25, -0.2) is 4.39 Å². The minimum atomic E-state index is -0.530. The lowest BCUT2D eigenvalue weighted by molar-refractivity contribution is 0.102. The van der Waals surface area contributed by atoms with Crippen LogP contribution in [-0.2, 0) is 5.75 Å². The molecule has 3 rings (SSSR count). The number of thioether (sulfide) groups is 1. The summed E-state index contributed by atoms with van der Waals surface area (Å²) in [6.45, 7) is 1.85. The number of carbonyl (C=O) groups is 1. The molecule has 0 bridgehead atoms. The third-order valence-electron chi connectivity index (χ3n) is 3.36. The fraction of sp³-hybridized carbons (Fsp3) is 0.111. The maximum atomic E-state index is 13.2. The van der Waals surface area contributed by atoms with Gasteiger partial charge in [0.2, 0.25) is 0 Å². The van der Waals surface area contributed by atoms with Gasteiger partial charge in [0.15, 0.2) is 0 Å². The zero-order valence-electron chi connectivity index (χ0n) is 13.3. The fourth-order valence-corrected chi connectivity index (χ4v) is 3.29. The van der Waals surface area contributed by atoms with Gasteiger partial charge in [0.25, 0.3) is 5.91 Å². The zero-order valence-corrected chi connectivity index (χ0v) is 14.8. The Bertz CT molecular complexity index is 914. The molecule has 1 heterocycles. The minimum absolute atomic E-state index is 0.0406. The lowest BCUT2D eigenvalue weighted by Crippen LogP contribution is -2.13. The van der Waals surface area contributed by atoms with Crippen LogP contribution in [-0.4, -0.2) is 11.1 Å². The van der Waals surface area contributed by atoms with Crippen LogP contribution in [0.4, 0.5) is 10.1 Å². The molecule has 25 heavy (non-hydrogen) atoms. The molecule has 0 fully saturated rings. The number of aryl methyl sites for hydroxylation is 1. The predicted molar refractivity (Wildman–Crippen MR) is 96.6 cm³/mol. The number of halogens is 2. The number of rotatable bonds is 5. The van der Waals surface area contributed by atoms with E-state index in [4.69, 9.17) is 16.1 Å². The van der Waals surface area contributed by atoms with E-state index in [-0.39, 0.29) is 10.9 Å². The minimum Gasteiger partial charge on any atom is -0.360 e. The van der Waals surface area contributed by atoms with Crippen molar-refractivity contribution in [3.05, 3.63) is 76.4 Å². The summed E-state index contributed by atoms with van der Waals surface area (Å²) in [5.41, 5.74) is 1.76. The summed E-state index contributed by atoms with van der Waals surface area (Å²) in [6.07, 6.45) is 0. The molecule has 0 radical (unpaired) electrons. The predicted octanol–water partition coefficient (Wildman–Crippen LogP) is 5.32. The molecular formula is C18H14ClFN2O2S. The van der Waals surface area contributed by atoms with Crippen molar-refractivity contribution >= 4 is 35.0 Å². The van der Waals surface area contributed by atoms with Crippen LogP contribution in [0.2, 0.25) is 5.02 Å². The first-order valence-corrected chi connectivity index (χ1v) is 8.80. The molecule has 7 heteroatoms. The molecule has 0 spiro atoms. The van der Waals surface area contributed by atoms with Crippen LogP contribution >= 0.6 is 23.4 Å². The van der Waals surface area contributed by atoms with E-state index in [1.165, 1.54) is 30.0 Å². The monoisotopic (exact) mass is 376 g/mol. The highest BCUT2D eigenvalue weighted by molar-refractivity contribution is 7.98. The molecule has 1 N–H and O–H groups in total. The van der Waals surface area contributed by atoms with E-state index >= 15 is 0 Å². The van der Waals surface area contributed by atoms with Crippen LogP contribution in [0.15, 0.2) is 57.9 Å². The number of carbonyl (C=O) groups excluding carboxylic acids is 1. The second kappa shape index (κ2) is 7.72. The van der Waals surface area contributed by atoms with Crippen molar-refractivity contribution in [1.29, 1.82) is 0 Å². The lowest BCUT2D eigenvalue weighted by atomic mass is 10.2. The average molecular weight is 377 g/mol. The van der Waals surface area contributed by atoms with Crippen LogP contribution in [0.3, 0.4) is 0 Å². The smallest absolute Gasteiger partial charge is 0.256 e. The average Bonchev–Trinajstić information content (AvgIpc) is 3.02. The Hall–Kier alpha value is -2.31. The summed E-state index contributed by atoms with van der Waals surface area (Å²) >= 11 is 7.22. The van der Waals surface area contributed by atoms with Crippen molar-refractivity contribution in [1.82, 2.24) is 5.16 Å². The standard InChI is InChI=1S/C18H14ClFN2O2S/c1-11-8-13(24-22-11)10-25-17-5-3-2-4-14(17)18(23)21-12-6-7-16(20)15(19)9-12/h2-9H,10H2,1H3,(H,21,23). The molecule has 0 saturated heterocycles. The number of aromatic nitrogens is 1. The lowest BCUT2D eigenvalue weighted by Gasteiger charge is -2.10. The molecule has 1 aromatic heterocycles. The van der Waals surface area contributed by atoms with Crippen molar-refractivity contribution in [2.24, 2.45) is 0 Å². The maximum Gasteiger partial charge on any atom is 0.256 e. The molecule has 0 atom stereocenters. The Morgan fingerprint density at radius 1 is 1.28 bits per heavy atom. The number of nitrogens with zero attached hydrogens (tertiary/aromatic N) is 1. The molecule has 0 aliphatic carbocycles. The largest absolute Gasteiger partial charge is 0.360 e. The van der Waals surface area contributed by atoms with Gasteiger partial charge in [-0.05, 0) is 37.3 Å². The Morgan fingerprint density at radius 3 is 2.80 bits per heavy atom. The second-order valence-electron chi connectivity index (χ2n) is 5.30. The van der Waals surface area contributed by atoms with E-state index in [0.717, 1.165) is 16.3 Å². The molecule has 1 amide bonds. The molecule has 0 aliphatic heterocycles. The van der Waals surface area contributed by atoms with Gasteiger partial charge in [0.05, 0.1) is 22.0 Å². The van der Waals surface area contributed by atoms with Gasteiger partial charge in [0, 0.05) is 16.6 Å². The quantitative estimate of drug-likeness (QED) is 0.612. The Labute approximate surface area is 153 Å². The summed E-state index contributed by atoms with van der Waals surface area (Å²) in [5, 5.41) is 6.54. The van der Waals surface area contributed by atoms with E-state index < -0.39 is 5.82 Å². The first-order valence-electron chi connectivity index (χ1n) is 7.43. The van der Waals surface area contributed by atoms with Crippen LogP contribution in [0, 0.1) is 12.7 Å². The van der Waals surface area contributed by atoms with Crippen LogP contribution in [0.5, 0.6) is 0 Å². The number of nitrogens with one attached hydrogen (secondary N) is 1. The van der Waals surface area contributed by atoms with Crippen molar-refractivity contribution in [3.63, 3.8) is 0 Å². The number of benzene rings is 2. The zero-order chi connectivity index (χ0) is 17.8. The van der Waals surface area contributed by atoms with Gasteiger partial charge in [-0.1, -0.05) is 28.9 Å². The van der Waals surface area contributed by atoms with E-state index in [1.807, 2.05) is 25.1 Å². The first kappa shape index (κ1) is 17.5. The molecule has 2 aromatic carbocycles. The summed E-state index contributed by atoms with van der Waals surface area (Å²) in [6, 6.07) is 13.2. The van der Waals surface area contributed by atoms with Gasteiger partial charge >= 0.3 is 0 Å². The van der Waals surface area contributed by atoms with Crippen LogP contribution < -0.4 is 5.32 Å². The Kier molecular flexibility index (Phi) is 5.40. The molecule has 128 valence electrons. The molecular weight excluding hydrogens is 363 g/mol. The summed E-state index contributed by atoms with van der Waals surface area (Å²) in [4.78, 5) is 13.4. The van der Waals surface area contributed by atoms with Gasteiger partial charge in [-0.3, -0.25) is 4.79 Å². The fourth-order valence-electron chi connectivity index (χ4n) is 2.19. The highest BCUT2D eigenvalue weighted by Crippen LogP contribution is 2.27. The third kappa shape index (κ3) is 4.41. The van der Waals surface area contributed by atoms with Crippen LogP contribution in [0.1, 0.15) is 21.8 Å². The third-order valence-corrected chi connectivity index (χ3v) is 4.74. The van der Waals surface area contributed by atoms with E-state index in [9.17, 15) is 9.18 Å². The topological polar surface area (TPSA) is 55.1 Å². The van der Waals surface area contributed by atoms with Gasteiger partial charge in [0.1, 0.15) is 11.6 Å². The summed E-state index contributed by atoms with van der Waals surface area (Å²) in [7, 11) is 0. The normalized spacial score (nSPS) is 10.7. The SMILES string of the molecule is Cc1cc(CSc2ccccc2C(=O)Nc2ccc(F)c(Cl)c2)on1. The Balaban J connectivity index is 1.74. The molecule has 4 nitrogen and oxygen atoms in total. The maximum absolute atomic E-state index is 13.2. The number of amides is 1. The van der Waals surface area contributed by atoms with Crippen molar-refractivity contribution in [3.8, 4) is 0 Å². The number of hydrogen-bond acceptors (Lipinski definition) is 4. The van der Waals surface area contributed by atoms with E-state index in [2.05, 4.69) is 10.5 Å². The highest BCUT2D eigenvalue weighted by Gasteiger charge is 2.13.